The maximum Gasteiger partial charge on any atom is 0.119 e. The molecular weight excluding hydrogens is 210 g/mol. The Kier molecular flexibility index (Phi) is 5.01. The molecule has 2 nitrogen and oxygen atoms in total. The van der Waals surface area contributed by atoms with Crippen molar-refractivity contribution in [2.45, 2.75) is 40.7 Å². The van der Waals surface area contributed by atoms with Gasteiger partial charge in [0, 0.05) is 12.6 Å². The van der Waals surface area contributed by atoms with E-state index in [4.69, 9.17) is 4.74 Å². The number of ether oxygens (including phenoxy) is 1. The van der Waals surface area contributed by atoms with Crippen LogP contribution in [0.5, 0.6) is 5.75 Å². The molecule has 0 aliphatic heterocycles. The predicted molar refractivity (Wildman–Crippen MR) is 73.5 cm³/mol. The monoisotopic (exact) mass is 235 g/mol. The van der Waals surface area contributed by atoms with Crippen LogP contribution >= 0.6 is 0 Å². The van der Waals surface area contributed by atoms with Gasteiger partial charge in [-0.05, 0) is 37.0 Å². The van der Waals surface area contributed by atoms with Gasteiger partial charge in [-0.3, -0.25) is 0 Å². The van der Waals surface area contributed by atoms with Crippen molar-refractivity contribution in [3.63, 3.8) is 0 Å². The van der Waals surface area contributed by atoms with E-state index in [0.29, 0.717) is 11.5 Å². The molecule has 0 aliphatic rings. The van der Waals surface area contributed by atoms with Gasteiger partial charge in [-0.25, -0.2) is 0 Å². The second-order valence-corrected chi connectivity index (χ2v) is 5.67. The molecule has 96 valence electrons. The summed E-state index contributed by atoms with van der Waals surface area (Å²) in [5, 5.41) is 3.55. The maximum atomic E-state index is 5.43. The summed E-state index contributed by atoms with van der Waals surface area (Å²) in [6.45, 7) is 12.7. The second kappa shape index (κ2) is 6.06. The minimum Gasteiger partial charge on any atom is -0.494 e. The highest BCUT2D eigenvalue weighted by molar-refractivity contribution is 5.28. The molecule has 1 atom stereocenters. The highest BCUT2D eigenvalue weighted by atomic mass is 16.5. The molecule has 0 bridgehead atoms. The van der Waals surface area contributed by atoms with E-state index in [-0.39, 0.29) is 0 Å². The third-order valence-corrected chi connectivity index (χ3v) is 2.63. The molecular formula is C15H25NO. The molecule has 17 heavy (non-hydrogen) atoms. The van der Waals surface area contributed by atoms with Crippen molar-refractivity contribution in [2.75, 3.05) is 13.2 Å². The summed E-state index contributed by atoms with van der Waals surface area (Å²) in [6, 6.07) is 8.71. The van der Waals surface area contributed by atoms with E-state index in [2.05, 4.69) is 45.1 Å². The Hall–Kier alpha value is -1.02. The first kappa shape index (κ1) is 14.0. The Balaban J connectivity index is 2.54. The van der Waals surface area contributed by atoms with Crippen LogP contribution in [-0.2, 0) is 0 Å². The summed E-state index contributed by atoms with van der Waals surface area (Å²) in [4.78, 5) is 0. The lowest BCUT2D eigenvalue weighted by molar-refractivity contribution is 0.339. The molecule has 0 fully saturated rings. The molecule has 1 N–H and O–H groups in total. The lowest BCUT2D eigenvalue weighted by Crippen LogP contribution is -2.29. The van der Waals surface area contributed by atoms with Gasteiger partial charge in [0.05, 0.1) is 6.61 Å². The van der Waals surface area contributed by atoms with E-state index in [9.17, 15) is 0 Å². The Morgan fingerprint density at radius 2 is 1.76 bits per heavy atom. The van der Waals surface area contributed by atoms with Crippen molar-refractivity contribution in [3.05, 3.63) is 29.8 Å². The molecule has 0 saturated heterocycles. The number of rotatable bonds is 5. The summed E-state index contributed by atoms with van der Waals surface area (Å²) in [7, 11) is 0. The normalized spacial score (nSPS) is 13.5. The van der Waals surface area contributed by atoms with E-state index in [0.717, 1.165) is 18.9 Å². The summed E-state index contributed by atoms with van der Waals surface area (Å²) < 4.78 is 5.43. The second-order valence-electron chi connectivity index (χ2n) is 5.67. The minimum absolute atomic E-state index is 0.319. The highest BCUT2D eigenvalue weighted by Gasteiger charge is 2.12. The lowest BCUT2D eigenvalue weighted by Gasteiger charge is -2.23. The van der Waals surface area contributed by atoms with E-state index < -0.39 is 0 Å². The molecule has 1 aromatic carbocycles. The van der Waals surface area contributed by atoms with Crippen LogP contribution in [0, 0.1) is 5.41 Å². The van der Waals surface area contributed by atoms with Gasteiger partial charge in [0.1, 0.15) is 5.75 Å². The minimum atomic E-state index is 0.319. The van der Waals surface area contributed by atoms with Gasteiger partial charge >= 0.3 is 0 Å². The van der Waals surface area contributed by atoms with E-state index in [1.54, 1.807) is 0 Å². The molecule has 0 aromatic heterocycles. The zero-order chi connectivity index (χ0) is 12.9. The summed E-state index contributed by atoms with van der Waals surface area (Å²) >= 11 is 0. The van der Waals surface area contributed by atoms with Crippen LogP contribution in [0.1, 0.15) is 46.2 Å². The molecule has 0 heterocycles. The molecule has 0 saturated carbocycles. The van der Waals surface area contributed by atoms with Gasteiger partial charge in [0.2, 0.25) is 0 Å². The van der Waals surface area contributed by atoms with Crippen molar-refractivity contribution in [2.24, 2.45) is 5.41 Å². The summed E-state index contributed by atoms with van der Waals surface area (Å²) in [6.07, 6.45) is 0. The molecule has 0 aliphatic carbocycles. The number of benzene rings is 1. The third-order valence-electron chi connectivity index (χ3n) is 2.63. The zero-order valence-electron chi connectivity index (χ0n) is 11.7. The van der Waals surface area contributed by atoms with Crippen LogP contribution in [0.3, 0.4) is 0 Å². The maximum absolute atomic E-state index is 5.43. The van der Waals surface area contributed by atoms with E-state index in [1.807, 2.05) is 19.1 Å². The third kappa shape index (κ3) is 5.22. The highest BCUT2D eigenvalue weighted by Crippen LogP contribution is 2.19. The molecule has 1 unspecified atom stereocenters. The summed E-state index contributed by atoms with van der Waals surface area (Å²) in [5.41, 5.74) is 1.62. The molecule has 1 rings (SSSR count). The van der Waals surface area contributed by atoms with Crippen molar-refractivity contribution in [1.29, 1.82) is 0 Å². The fourth-order valence-electron chi connectivity index (χ4n) is 1.60. The Morgan fingerprint density at radius 1 is 1.18 bits per heavy atom. The number of nitrogens with one attached hydrogen (secondary N) is 1. The van der Waals surface area contributed by atoms with E-state index >= 15 is 0 Å². The zero-order valence-corrected chi connectivity index (χ0v) is 11.7. The van der Waals surface area contributed by atoms with Crippen LogP contribution in [0.25, 0.3) is 0 Å². The van der Waals surface area contributed by atoms with Gasteiger partial charge in [-0.15, -0.1) is 0 Å². The van der Waals surface area contributed by atoms with E-state index in [1.165, 1.54) is 5.56 Å². The smallest absolute Gasteiger partial charge is 0.119 e. The first-order chi connectivity index (χ1) is 7.92. The van der Waals surface area contributed by atoms with Gasteiger partial charge in [0.25, 0.3) is 0 Å². The van der Waals surface area contributed by atoms with Crippen molar-refractivity contribution in [1.82, 2.24) is 5.32 Å². The fourth-order valence-corrected chi connectivity index (χ4v) is 1.60. The lowest BCUT2D eigenvalue weighted by atomic mass is 9.96. The molecule has 0 spiro atoms. The largest absolute Gasteiger partial charge is 0.494 e. The topological polar surface area (TPSA) is 21.3 Å². The van der Waals surface area contributed by atoms with Crippen molar-refractivity contribution >= 4 is 0 Å². The first-order valence-corrected chi connectivity index (χ1v) is 6.38. The van der Waals surface area contributed by atoms with Gasteiger partial charge < -0.3 is 10.1 Å². The average Bonchev–Trinajstić information content (AvgIpc) is 2.26. The van der Waals surface area contributed by atoms with Crippen molar-refractivity contribution < 1.29 is 4.74 Å². The quantitative estimate of drug-likeness (QED) is 0.838. The molecule has 2 heteroatoms. The fraction of sp³-hybridized carbons (Fsp3) is 0.600. The van der Waals surface area contributed by atoms with Crippen molar-refractivity contribution in [3.8, 4) is 5.75 Å². The number of hydrogen-bond acceptors (Lipinski definition) is 2. The molecule has 0 amide bonds. The van der Waals surface area contributed by atoms with Crippen LogP contribution in [0.2, 0.25) is 0 Å². The van der Waals surface area contributed by atoms with Crippen LogP contribution < -0.4 is 10.1 Å². The molecule has 1 aromatic rings. The van der Waals surface area contributed by atoms with Gasteiger partial charge in [-0.2, -0.15) is 0 Å². The first-order valence-electron chi connectivity index (χ1n) is 6.38. The SMILES string of the molecule is CCOc1ccc(C(C)NCC(C)(C)C)cc1. The van der Waals surface area contributed by atoms with Crippen LogP contribution in [-0.4, -0.2) is 13.2 Å². The predicted octanol–water partition coefficient (Wildman–Crippen LogP) is 3.78. The average molecular weight is 235 g/mol. The van der Waals surface area contributed by atoms with Gasteiger partial charge in [-0.1, -0.05) is 32.9 Å². The van der Waals surface area contributed by atoms with Crippen LogP contribution in [0.15, 0.2) is 24.3 Å². The summed E-state index contributed by atoms with van der Waals surface area (Å²) in [5.74, 6) is 0.944. The molecule has 0 radical (unpaired) electrons. The van der Waals surface area contributed by atoms with Crippen LogP contribution in [0.4, 0.5) is 0 Å². The standard InChI is InChI=1S/C15H25NO/c1-6-17-14-9-7-13(8-10-14)12(2)16-11-15(3,4)5/h7-10,12,16H,6,11H2,1-5H3. The van der Waals surface area contributed by atoms with Gasteiger partial charge in [0.15, 0.2) is 0 Å². The Labute approximate surface area is 105 Å². The number of hydrogen-bond donors (Lipinski definition) is 1. The Morgan fingerprint density at radius 3 is 2.24 bits per heavy atom. The Bertz CT molecular complexity index is 324.